The molecule has 0 saturated heterocycles. The van der Waals surface area contributed by atoms with Gasteiger partial charge in [0.1, 0.15) is 6.07 Å². The van der Waals surface area contributed by atoms with E-state index in [1.165, 1.54) is 18.5 Å². The molecule has 0 fully saturated rings. The predicted octanol–water partition coefficient (Wildman–Crippen LogP) is 3.46. The van der Waals surface area contributed by atoms with E-state index in [0.717, 1.165) is 4.68 Å². The maximum absolute atomic E-state index is 13.1. The van der Waals surface area contributed by atoms with Crippen molar-refractivity contribution < 1.29 is 13.2 Å². The van der Waals surface area contributed by atoms with Gasteiger partial charge in [0.2, 0.25) is 0 Å². The quantitative estimate of drug-likeness (QED) is 0.809. The number of halogens is 3. The van der Waals surface area contributed by atoms with Crippen LogP contribution in [-0.2, 0) is 11.6 Å². The summed E-state index contributed by atoms with van der Waals surface area (Å²) >= 11 is 0. The first kappa shape index (κ1) is 15.0. The van der Waals surface area contributed by atoms with E-state index in [9.17, 15) is 13.2 Å². The second-order valence-corrected chi connectivity index (χ2v) is 5.57. The number of nitriles is 1. The molecule has 7 heteroatoms. The van der Waals surface area contributed by atoms with Gasteiger partial charge in [-0.25, -0.2) is 9.67 Å². The summed E-state index contributed by atoms with van der Waals surface area (Å²) < 4.78 is 40.4. The van der Waals surface area contributed by atoms with Gasteiger partial charge in [0.25, 0.3) is 0 Å². The first-order valence-corrected chi connectivity index (χ1v) is 6.17. The smallest absolute Gasteiger partial charge is 0.236 e. The van der Waals surface area contributed by atoms with E-state index in [4.69, 9.17) is 5.26 Å². The molecule has 0 amide bonds. The Balaban J connectivity index is 2.69. The van der Waals surface area contributed by atoms with Crippen molar-refractivity contribution in [3.05, 3.63) is 41.3 Å². The van der Waals surface area contributed by atoms with Crippen LogP contribution in [0.3, 0.4) is 0 Å². The molecule has 0 spiro atoms. The molecule has 0 aliphatic rings. The van der Waals surface area contributed by atoms with E-state index < -0.39 is 17.3 Å². The fraction of sp³-hybridized carbons (Fsp3) is 0.357. The highest BCUT2D eigenvalue weighted by atomic mass is 19.4. The molecule has 4 nitrogen and oxygen atoms in total. The molecule has 0 radical (unpaired) electrons. The van der Waals surface area contributed by atoms with Gasteiger partial charge >= 0.3 is 6.18 Å². The van der Waals surface area contributed by atoms with Crippen molar-refractivity contribution in [2.75, 3.05) is 0 Å². The van der Waals surface area contributed by atoms with Crippen LogP contribution in [0.25, 0.3) is 5.82 Å². The molecule has 0 aliphatic carbocycles. The summed E-state index contributed by atoms with van der Waals surface area (Å²) in [6, 6.07) is 4.92. The molecular weight excluding hydrogens is 281 g/mol. The molecule has 0 bridgehead atoms. The first-order valence-electron chi connectivity index (χ1n) is 6.17. The van der Waals surface area contributed by atoms with Crippen molar-refractivity contribution in [2.45, 2.75) is 32.4 Å². The standard InChI is InChI=1S/C14H13F3N4/c1-13(2,3)10-8-21(20-11(10)14(15,16)17)12-9(7-18)5-4-6-19-12/h4-6,8H,1-3H3. The molecule has 2 aromatic rings. The Kier molecular flexibility index (Phi) is 3.49. The van der Waals surface area contributed by atoms with E-state index in [1.54, 1.807) is 26.8 Å². The number of pyridine rings is 1. The Bertz CT molecular complexity index is 671. The van der Waals surface area contributed by atoms with Gasteiger partial charge in [-0.15, -0.1) is 0 Å². The molecule has 0 saturated carbocycles. The zero-order valence-electron chi connectivity index (χ0n) is 11.7. The molecule has 0 aliphatic heterocycles. The van der Waals surface area contributed by atoms with E-state index >= 15 is 0 Å². The number of aromatic nitrogens is 3. The Morgan fingerprint density at radius 1 is 1.24 bits per heavy atom. The SMILES string of the molecule is CC(C)(C)c1cn(-c2ncccc2C#N)nc1C(F)(F)F. The predicted molar refractivity (Wildman–Crippen MR) is 69.8 cm³/mol. The molecule has 2 heterocycles. The topological polar surface area (TPSA) is 54.5 Å². The fourth-order valence-corrected chi connectivity index (χ4v) is 1.91. The zero-order valence-corrected chi connectivity index (χ0v) is 11.7. The van der Waals surface area contributed by atoms with Crippen LogP contribution in [0, 0.1) is 11.3 Å². The van der Waals surface area contributed by atoms with Crippen LogP contribution in [0.2, 0.25) is 0 Å². The van der Waals surface area contributed by atoms with Crippen molar-refractivity contribution in [2.24, 2.45) is 0 Å². The zero-order chi connectivity index (χ0) is 15.8. The van der Waals surface area contributed by atoms with Gasteiger partial charge in [-0.3, -0.25) is 0 Å². The van der Waals surface area contributed by atoms with Crippen molar-refractivity contribution >= 4 is 0 Å². The maximum Gasteiger partial charge on any atom is 0.435 e. The minimum atomic E-state index is -4.56. The van der Waals surface area contributed by atoms with Crippen LogP contribution < -0.4 is 0 Å². The molecule has 110 valence electrons. The molecule has 0 atom stereocenters. The molecule has 2 rings (SSSR count). The summed E-state index contributed by atoms with van der Waals surface area (Å²) in [5, 5.41) is 12.6. The lowest BCUT2D eigenvalue weighted by atomic mass is 9.87. The van der Waals surface area contributed by atoms with Crippen LogP contribution in [0.4, 0.5) is 13.2 Å². The van der Waals surface area contributed by atoms with Crippen LogP contribution >= 0.6 is 0 Å². The van der Waals surface area contributed by atoms with Crippen LogP contribution in [0.15, 0.2) is 24.5 Å². The number of nitrogens with zero attached hydrogens (tertiary/aromatic N) is 4. The largest absolute Gasteiger partial charge is 0.435 e. The van der Waals surface area contributed by atoms with Gasteiger partial charge in [0.05, 0.1) is 5.56 Å². The Morgan fingerprint density at radius 3 is 2.38 bits per heavy atom. The number of hydrogen-bond donors (Lipinski definition) is 0. The molecule has 0 aromatic carbocycles. The lowest BCUT2D eigenvalue weighted by Gasteiger charge is -2.18. The lowest BCUT2D eigenvalue weighted by Crippen LogP contribution is -2.18. The molecule has 0 N–H and O–H groups in total. The average molecular weight is 294 g/mol. The highest BCUT2D eigenvalue weighted by Gasteiger charge is 2.40. The van der Waals surface area contributed by atoms with Crippen molar-refractivity contribution in [1.29, 1.82) is 5.26 Å². The first-order chi connectivity index (χ1) is 9.64. The summed E-state index contributed by atoms with van der Waals surface area (Å²) in [4.78, 5) is 3.95. The van der Waals surface area contributed by atoms with E-state index in [0.29, 0.717) is 0 Å². The van der Waals surface area contributed by atoms with Crippen LogP contribution in [0.1, 0.15) is 37.6 Å². The molecule has 2 aromatic heterocycles. The third-order valence-corrected chi connectivity index (χ3v) is 2.91. The fourth-order valence-electron chi connectivity index (χ4n) is 1.91. The van der Waals surface area contributed by atoms with Gasteiger partial charge in [-0.1, -0.05) is 20.8 Å². The molecule has 0 unspecified atom stereocenters. The second-order valence-electron chi connectivity index (χ2n) is 5.57. The van der Waals surface area contributed by atoms with Gasteiger partial charge in [0, 0.05) is 18.0 Å². The van der Waals surface area contributed by atoms with Gasteiger partial charge in [0.15, 0.2) is 11.5 Å². The van der Waals surface area contributed by atoms with E-state index in [2.05, 4.69) is 10.1 Å². The number of alkyl halides is 3. The summed E-state index contributed by atoms with van der Waals surface area (Å²) in [5.41, 5.74) is -1.46. The number of hydrogen-bond acceptors (Lipinski definition) is 3. The van der Waals surface area contributed by atoms with Gasteiger partial charge < -0.3 is 0 Å². The maximum atomic E-state index is 13.1. The van der Waals surface area contributed by atoms with E-state index in [-0.39, 0.29) is 16.9 Å². The lowest BCUT2D eigenvalue weighted by molar-refractivity contribution is -0.142. The minimum Gasteiger partial charge on any atom is -0.236 e. The van der Waals surface area contributed by atoms with Crippen LogP contribution in [-0.4, -0.2) is 14.8 Å². The molecule has 21 heavy (non-hydrogen) atoms. The third kappa shape index (κ3) is 2.89. The van der Waals surface area contributed by atoms with Crippen molar-refractivity contribution in [3.63, 3.8) is 0 Å². The van der Waals surface area contributed by atoms with Gasteiger partial charge in [-0.2, -0.15) is 23.5 Å². The summed E-state index contributed by atoms with van der Waals surface area (Å²) in [6.45, 7) is 5.02. The minimum absolute atomic E-state index is 0.0598. The van der Waals surface area contributed by atoms with Crippen LogP contribution in [0.5, 0.6) is 0 Å². The highest BCUT2D eigenvalue weighted by molar-refractivity contribution is 5.43. The van der Waals surface area contributed by atoms with Crippen molar-refractivity contribution in [1.82, 2.24) is 14.8 Å². The van der Waals surface area contributed by atoms with E-state index in [1.807, 2.05) is 6.07 Å². The average Bonchev–Trinajstić information content (AvgIpc) is 2.83. The third-order valence-electron chi connectivity index (χ3n) is 2.91. The Hall–Kier alpha value is -2.36. The Morgan fingerprint density at radius 2 is 1.90 bits per heavy atom. The normalized spacial score (nSPS) is 12.2. The summed E-state index contributed by atoms with van der Waals surface area (Å²) in [5.74, 6) is 0.0843. The monoisotopic (exact) mass is 294 g/mol. The number of rotatable bonds is 1. The summed E-state index contributed by atoms with van der Waals surface area (Å²) in [6.07, 6.45) is -1.87. The molecular formula is C14H13F3N4. The highest BCUT2D eigenvalue weighted by Crippen LogP contribution is 2.37. The van der Waals surface area contributed by atoms with Crippen molar-refractivity contribution in [3.8, 4) is 11.9 Å². The van der Waals surface area contributed by atoms with Gasteiger partial charge in [-0.05, 0) is 17.5 Å². The second kappa shape index (κ2) is 4.88. The Labute approximate surface area is 119 Å². The summed E-state index contributed by atoms with van der Waals surface area (Å²) in [7, 11) is 0.